The molecule has 0 bridgehead atoms. The van der Waals surface area contributed by atoms with E-state index in [4.69, 9.17) is 0 Å². The average Bonchev–Trinajstić information content (AvgIpc) is 3.35. The van der Waals surface area contributed by atoms with Crippen molar-refractivity contribution < 1.29 is 31.4 Å². The molecular weight excluding hydrogens is 468 g/mol. The number of aromatic nitrogens is 7. The molecule has 1 N–H and O–H groups in total. The van der Waals surface area contributed by atoms with Crippen LogP contribution < -0.4 is 0 Å². The molecule has 1 aromatic carbocycles. The van der Waals surface area contributed by atoms with E-state index in [0.717, 1.165) is 10.6 Å². The van der Waals surface area contributed by atoms with E-state index in [-0.39, 0.29) is 41.3 Å². The summed E-state index contributed by atoms with van der Waals surface area (Å²) in [5, 5.41) is 21.5. The Balaban J connectivity index is 1.49. The van der Waals surface area contributed by atoms with Gasteiger partial charge in [-0.2, -0.15) is 31.4 Å². The lowest BCUT2D eigenvalue weighted by atomic mass is 10.0. The molecule has 0 unspecified atom stereocenters. The number of fused-ring (bicyclic) bond motifs is 2. The predicted molar refractivity (Wildman–Crippen MR) is 105 cm³/mol. The maximum absolute atomic E-state index is 13.2. The van der Waals surface area contributed by atoms with Gasteiger partial charge in [-0.15, -0.1) is 10.2 Å². The van der Waals surface area contributed by atoms with E-state index >= 15 is 0 Å². The third kappa shape index (κ3) is 3.72. The highest BCUT2D eigenvalue weighted by Crippen LogP contribution is 2.39. The summed E-state index contributed by atoms with van der Waals surface area (Å²) >= 11 is 0. The van der Waals surface area contributed by atoms with Gasteiger partial charge in [0.15, 0.2) is 5.65 Å². The lowest BCUT2D eigenvalue weighted by Gasteiger charge is -2.24. The fourth-order valence-electron chi connectivity index (χ4n) is 4.13. The third-order valence-electron chi connectivity index (χ3n) is 5.69. The van der Waals surface area contributed by atoms with Crippen LogP contribution in [0.5, 0.6) is 5.75 Å². The summed E-state index contributed by atoms with van der Waals surface area (Å²) in [5.41, 5.74) is -0.162. The van der Waals surface area contributed by atoms with Gasteiger partial charge >= 0.3 is 12.4 Å². The van der Waals surface area contributed by atoms with E-state index in [0.29, 0.717) is 18.0 Å². The van der Waals surface area contributed by atoms with Gasteiger partial charge in [-0.3, -0.25) is 4.68 Å². The number of hydrogen-bond donors (Lipinski definition) is 1. The molecule has 0 radical (unpaired) electrons. The normalized spacial score (nSPS) is 16.7. The van der Waals surface area contributed by atoms with Crippen LogP contribution in [-0.4, -0.2) is 39.6 Å². The Morgan fingerprint density at radius 2 is 1.82 bits per heavy atom. The van der Waals surface area contributed by atoms with E-state index in [1.54, 1.807) is 6.20 Å². The Morgan fingerprint density at radius 3 is 2.50 bits per heavy atom. The number of rotatable bonds is 2. The zero-order valence-electron chi connectivity index (χ0n) is 17.4. The number of alkyl halides is 6. The van der Waals surface area contributed by atoms with Crippen molar-refractivity contribution in [2.45, 2.75) is 44.7 Å². The van der Waals surface area contributed by atoms with Gasteiger partial charge in [-0.25, -0.2) is 9.97 Å². The van der Waals surface area contributed by atoms with Gasteiger partial charge in [-0.05, 0) is 31.0 Å². The molecule has 1 atom stereocenters. The number of aromatic hydroxyl groups is 1. The van der Waals surface area contributed by atoms with Crippen molar-refractivity contribution in [3.8, 4) is 17.0 Å². The number of hydrogen-bond acceptors (Lipinski definition) is 6. The molecule has 178 valence electrons. The molecule has 0 spiro atoms. The standard InChI is InChI=1S/C20H15F6N7O/c1-9-4-10(19(21,22)23)5-14(34)16(9)12-6-27-13-8-33(31-17(13)28-12)11-2-3-15-29-30-18(20(24,25)26)32(15)7-11/h4-6,8,11,34H,2-3,7H2,1H3/t11-/m1/s1. The summed E-state index contributed by atoms with van der Waals surface area (Å²) in [6.07, 6.45) is -5.68. The highest BCUT2D eigenvalue weighted by atomic mass is 19.4. The zero-order valence-corrected chi connectivity index (χ0v) is 17.4. The first-order valence-electron chi connectivity index (χ1n) is 10.0. The summed E-state index contributed by atoms with van der Waals surface area (Å²) in [6.45, 7) is 1.36. The summed E-state index contributed by atoms with van der Waals surface area (Å²) < 4.78 is 81.2. The Morgan fingerprint density at radius 1 is 1.06 bits per heavy atom. The van der Waals surface area contributed by atoms with E-state index in [2.05, 4.69) is 25.3 Å². The molecular formula is C20H15F6N7O. The first-order chi connectivity index (χ1) is 15.9. The van der Waals surface area contributed by atoms with Crippen molar-refractivity contribution in [2.24, 2.45) is 0 Å². The van der Waals surface area contributed by atoms with Crippen molar-refractivity contribution in [1.29, 1.82) is 0 Å². The molecule has 1 aliphatic rings. The zero-order chi connectivity index (χ0) is 24.4. The number of nitrogens with zero attached hydrogens (tertiary/aromatic N) is 7. The molecule has 4 aromatic rings. The third-order valence-corrected chi connectivity index (χ3v) is 5.69. The highest BCUT2D eigenvalue weighted by molar-refractivity contribution is 5.77. The van der Waals surface area contributed by atoms with Gasteiger partial charge < -0.3 is 9.67 Å². The van der Waals surface area contributed by atoms with Gasteiger partial charge in [0.05, 0.1) is 29.7 Å². The topological polar surface area (TPSA) is 94.5 Å². The molecule has 0 saturated carbocycles. The minimum Gasteiger partial charge on any atom is -0.507 e. The first-order valence-corrected chi connectivity index (χ1v) is 10.0. The van der Waals surface area contributed by atoms with E-state index in [1.807, 2.05) is 0 Å². The first kappa shape index (κ1) is 22.1. The van der Waals surface area contributed by atoms with Gasteiger partial charge in [0.25, 0.3) is 0 Å². The SMILES string of the molecule is Cc1cc(C(F)(F)F)cc(O)c1-c1cnc2cn([C@@H]3CCc4nnc(C(F)(F)F)n4C3)nc2n1. The quantitative estimate of drug-likeness (QED) is 0.427. The summed E-state index contributed by atoms with van der Waals surface area (Å²) in [6, 6.07) is 1.07. The van der Waals surface area contributed by atoms with Gasteiger partial charge in [0, 0.05) is 18.5 Å². The smallest absolute Gasteiger partial charge is 0.451 e. The second kappa shape index (κ2) is 7.40. The monoisotopic (exact) mass is 483 g/mol. The van der Waals surface area contributed by atoms with Crippen LogP contribution >= 0.6 is 0 Å². The fraction of sp³-hybridized carbons (Fsp3) is 0.350. The van der Waals surface area contributed by atoms with Crippen LogP contribution in [0.1, 0.15) is 35.2 Å². The lowest BCUT2D eigenvalue weighted by Crippen LogP contribution is -2.27. The Kier molecular flexibility index (Phi) is 4.81. The maximum Gasteiger partial charge on any atom is 0.451 e. The predicted octanol–water partition coefficient (Wildman–Crippen LogP) is 4.32. The van der Waals surface area contributed by atoms with E-state index in [1.165, 1.54) is 17.8 Å². The van der Waals surface area contributed by atoms with Crippen molar-refractivity contribution in [3.63, 3.8) is 0 Å². The average molecular weight is 483 g/mol. The van der Waals surface area contributed by atoms with Crippen LogP contribution in [0.4, 0.5) is 26.3 Å². The lowest BCUT2D eigenvalue weighted by molar-refractivity contribution is -0.148. The van der Waals surface area contributed by atoms with E-state index < -0.39 is 35.5 Å². The molecule has 0 fully saturated rings. The fourth-order valence-corrected chi connectivity index (χ4v) is 4.13. The minimum absolute atomic E-state index is 0.0448. The van der Waals surface area contributed by atoms with Crippen LogP contribution in [0, 0.1) is 6.92 Å². The number of phenols is 1. The molecule has 8 nitrogen and oxygen atoms in total. The molecule has 3 aromatic heterocycles. The van der Waals surface area contributed by atoms with Crippen molar-refractivity contribution in [2.75, 3.05) is 0 Å². The number of halogens is 6. The molecule has 14 heteroatoms. The molecule has 0 saturated heterocycles. The number of benzene rings is 1. The van der Waals surface area contributed by atoms with Crippen LogP contribution in [-0.2, 0) is 25.3 Å². The molecule has 0 amide bonds. The molecule has 0 aliphatic carbocycles. The van der Waals surface area contributed by atoms with Crippen LogP contribution in [0.25, 0.3) is 22.4 Å². The van der Waals surface area contributed by atoms with Crippen LogP contribution in [0.2, 0.25) is 0 Å². The Hall–Kier alpha value is -3.71. The minimum atomic E-state index is -4.64. The number of phenolic OH excluding ortho intramolecular Hbond substituents is 1. The van der Waals surface area contributed by atoms with Gasteiger partial charge in [0.2, 0.25) is 5.82 Å². The largest absolute Gasteiger partial charge is 0.507 e. The molecule has 5 rings (SSSR count). The molecule has 1 aliphatic heterocycles. The Labute approximate surface area is 186 Å². The maximum atomic E-state index is 13.2. The van der Waals surface area contributed by atoms with Crippen molar-refractivity contribution in [3.05, 3.63) is 47.3 Å². The van der Waals surface area contributed by atoms with Gasteiger partial charge in [-0.1, -0.05) is 0 Å². The van der Waals surface area contributed by atoms with Crippen LogP contribution in [0.15, 0.2) is 24.5 Å². The summed E-state index contributed by atoms with van der Waals surface area (Å²) in [5.74, 6) is -1.43. The van der Waals surface area contributed by atoms with Crippen LogP contribution in [0.3, 0.4) is 0 Å². The second-order valence-corrected chi connectivity index (χ2v) is 8.00. The summed E-state index contributed by atoms with van der Waals surface area (Å²) in [4.78, 5) is 8.55. The van der Waals surface area contributed by atoms with Crippen molar-refractivity contribution in [1.82, 2.24) is 34.5 Å². The molecule has 34 heavy (non-hydrogen) atoms. The van der Waals surface area contributed by atoms with Crippen molar-refractivity contribution >= 4 is 11.2 Å². The van der Waals surface area contributed by atoms with E-state index in [9.17, 15) is 31.4 Å². The Bertz CT molecular complexity index is 1380. The summed E-state index contributed by atoms with van der Waals surface area (Å²) in [7, 11) is 0. The highest BCUT2D eigenvalue weighted by Gasteiger charge is 2.40. The molecule has 4 heterocycles. The van der Waals surface area contributed by atoms with Gasteiger partial charge in [0.1, 0.15) is 17.1 Å². The number of aryl methyl sites for hydroxylation is 2. The second-order valence-electron chi connectivity index (χ2n) is 8.00.